The number of phenolic OH excluding ortho intramolecular Hbond substituents is 6. The monoisotopic (exact) mass is 1880 g/mol. The van der Waals surface area contributed by atoms with Crippen LogP contribution in [0.1, 0.15) is 261 Å². The fourth-order valence-electron chi connectivity index (χ4n) is 14.6. The van der Waals surface area contributed by atoms with E-state index in [1.54, 1.807) is 81.4 Å². The summed E-state index contributed by atoms with van der Waals surface area (Å²) in [6, 6.07) is 73.4. The first kappa shape index (κ1) is 110. The minimum atomic E-state index is -0.909. The summed E-state index contributed by atoms with van der Waals surface area (Å²) >= 11 is 0. The topological polar surface area (TPSA) is 243 Å². The Balaban J connectivity index is 0.000000216. The van der Waals surface area contributed by atoms with Crippen LogP contribution in [0.2, 0.25) is 0 Å². The molecule has 0 saturated carbocycles. The van der Waals surface area contributed by atoms with Crippen LogP contribution >= 0.6 is 51.5 Å². The number of benzene rings is 12. The van der Waals surface area contributed by atoms with Crippen molar-refractivity contribution >= 4 is 115 Å². The summed E-state index contributed by atoms with van der Waals surface area (Å²) in [5.74, 6) is 2.11. The van der Waals surface area contributed by atoms with E-state index in [1.165, 1.54) is 11.1 Å². The van der Waals surface area contributed by atoms with Crippen molar-refractivity contribution in [2.75, 3.05) is 0 Å². The maximum Gasteiger partial charge on any atom is 0.127 e. The number of rotatable bonds is 18. The van der Waals surface area contributed by atoms with Gasteiger partial charge < -0.3 is 61.3 Å². The second-order valence-electron chi connectivity index (χ2n) is 41.7. The molecule has 0 spiro atoms. The van der Waals surface area contributed by atoms with E-state index < -0.39 is 33.6 Å². The van der Waals surface area contributed by atoms with E-state index in [9.17, 15) is 61.3 Å². The summed E-state index contributed by atoms with van der Waals surface area (Å²) in [4.78, 5) is 0. The molecule has 0 aliphatic heterocycles. The molecule has 0 aliphatic rings. The number of aromatic hydroxyl groups is 6. The van der Waals surface area contributed by atoms with E-state index in [2.05, 4.69) is 120 Å². The number of phenols is 6. The van der Waals surface area contributed by atoms with E-state index in [1.807, 2.05) is 237 Å². The Morgan fingerprint density at radius 2 is 0.435 bits per heavy atom. The predicted molar refractivity (Wildman–Crippen MR) is 572 cm³/mol. The third-order valence-corrected chi connectivity index (χ3v) is 30.4. The molecule has 12 rings (SSSR count). The van der Waals surface area contributed by atoms with Crippen molar-refractivity contribution in [3.63, 3.8) is 0 Å². The van der Waals surface area contributed by atoms with Gasteiger partial charge in [0.1, 0.15) is 34.5 Å². The molecule has 0 aliphatic carbocycles. The fraction of sp³-hybridized carbons (Fsp3) is 0.363. The molecule has 12 aromatic carbocycles. The Kier molecular flexibility index (Phi) is 37.3. The van der Waals surface area contributed by atoms with E-state index in [0.717, 1.165) is 147 Å². The van der Waals surface area contributed by atoms with Gasteiger partial charge in [-0.25, -0.2) is 0 Å². The van der Waals surface area contributed by atoms with Gasteiger partial charge in [-0.05, 0) is 283 Å². The van der Waals surface area contributed by atoms with Crippen LogP contribution in [0.5, 0.6) is 34.5 Å². The van der Waals surface area contributed by atoms with Crippen LogP contribution in [0.3, 0.4) is 0 Å². The molecule has 0 fully saturated rings. The largest absolute Gasteiger partial charge is 0.507 e. The molecule has 131 heavy (non-hydrogen) atoms. The number of hydrogen-bond donors (Lipinski definition) is 12. The van der Waals surface area contributed by atoms with Crippen molar-refractivity contribution in [2.45, 2.75) is 270 Å². The van der Waals surface area contributed by atoms with Crippen LogP contribution in [-0.2, 0) is 55.3 Å². The first-order chi connectivity index (χ1) is 60.1. The van der Waals surface area contributed by atoms with E-state index >= 15 is 0 Å². The van der Waals surface area contributed by atoms with Gasteiger partial charge >= 0.3 is 0 Å². The third kappa shape index (κ3) is 32.0. The lowest BCUT2D eigenvalue weighted by molar-refractivity contribution is 0.0791. The lowest BCUT2D eigenvalue weighted by Gasteiger charge is -2.28. The zero-order chi connectivity index (χ0) is 98.6. The second kappa shape index (κ2) is 44.5. The Labute approximate surface area is 794 Å². The highest BCUT2D eigenvalue weighted by Crippen LogP contribution is 2.41. The normalized spacial score (nSPS) is 12.8. The van der Waals surface area contributed by atoms with Crippen molar-refractivity contribution in [2.24, 2.45) is 0 Å². The Morgan fingerprint density at radius 3 is 0.802 bits per heavy atom. The van der Waals surface area contributed by atoms with Crippen molar-refractivity contribution in [3.05, 3.63) is 319 Å². The lowest BCUT2D eigenvalue weighted by Crippen LogP contribution is -2.25. The smallest absolute Gasteiger partial charge is 0.127 e. The molecule has 702 valence electrons. The minimum Gasteiger partial charge on any atom is -0.507 e. The van der Waals surface area contributed by atoms with Crippen LogP contribution in [0, 0.1) is 48.5 Å². The Bertz CT molecular complexity index is 5780. The van der Waals surface area contributed by atoms with Gasteiger partial charge in [0.25, 0.3) is 0 Å². The van der Waals surface area contributed by atoms with Crippen molar-refractivity contribution in [1.82, 2.24) is 0 Å². The van der Waals surface area contributed by atoms with Crippen LogP contribution in [0.4, 0.5) is 0 Å². The van der Waals surface area contributed by atoms with E-state index in [0.29, 0.717) is 77.4 Å². The fourth-order valence-corrected chi connectivity index (χ4v) is 23.5. The molecule has 0 radical (unpaired) electrons. The molecular formula is C113H148O12P6. The quantitative estimate of drug-likeness (QED) is 0.0359. The molecule has 0 saturated heterocycles. The molecule has 0 aromatic heterocycles. The molecule has 0 heterocycles. The predicted octanol–water partition coefficient (Wildman–Crippen LogP) is 20.8. The average molecular weight is 1880 g/mol. The summed E-state index contributed by atoms with van der Waals surface area (Å²) in [7, 11) is 1.90. The third-order valence-electron chi connectivity index (χ3n) is 22.2. The Morgan fingerprint density at radius 1 is 0.176 bits per heavy atom. The van der Waals surface area contributed by atoms with Gasteiger partial charge in [-0.15, -0.1) is 0 Å². The van der Waals surface area contributed by atoms with Gasteiger partial charge in [0.15, 0.2) is 0 Å². The number of hydrogen-bond acceptors (Lipinski definition) is 12. The van der Waals surface area contributed by atoms with Crippen molar-refractivity contribution in [3.8, 4) is 34.5 Å². The molecule has 6 unspecified atom stereocenters. The maximum absolute atomic E-state index is 11.0. The first-order valence-electron chi connectivity index (χ1n) is 44.7. The van der Waals surface area contributed by atoms with Gasteiger partial charge in [-0.3, -0.25) is 0 Å². The highest BCUT2D eigenvalue weighted by molar-refractivity contribution is 7.57. The van der Waals surface area contributed by atoms with Gasteiger partial charge in [-0.1, -0.05) is 345 Å². The zero-order valence-corrected chi connectivity index (χ0v) is 89.2. The van der Waals surface area contributed by atoms with Crippen LogP contribution in [0.15, 0.2) is 224 Å². The molecule has 12 nitrogen and oxygen atoms in total. The molecule has 6 atom stereocenters. The van der Waals surface area contributed by atoms with Crippen molar-refractivity contribution < 1.29 is 61.3 Å². The summed E-state index contributed by atoms with van der Waals surface area (Å²) in [6.45, 7) is 61.4. The van der Waals surface area contributed by atoms with Crippen LogP contribution in [-0.4, -0.2) is 61.3 Å². The Hall–Kier alpha value is -8.22. The summed E-state index contributed by atoms with van der Waals surface area (Å²) in [6.07, 6.45) is 0. The van der Waals surface area contributed by atoms with Crippen LogP contribution < -0.4 is 63.7 Å². The van der Waals surface area contributed by atoms with Crippen LogP contribution in [0.25, 0.3) is 0 Å². The highest BCUT2D eigenvalue weighted by atomic mass is 31.1. The standard InChI is InChI=1S/C23H33O2P.2C20H27O2P.2C17H21O2P.C16H19O2P/c1-21(2,3)15-13-17(22(4,5)6)20(24)19(14-15)26-18-12-10-9-11-16(18)23(7,8)25;1-13-11-14(19(2,3)4)12-17(18(13)21)23-16-10-8-7-9-15(16)20(5,6)22;1-13-11-15(19(2,3)4)18(21)17(12-13)23-16-10-8-7-9-14(16)20(5,6)22;1-11-6-8-15(13(9-11)17(3,4)19)20-16-10-12(2)5-7-14(16)18;1-11-8-9-14(13(10-11)17(3,4)19)20-15-7-5-6-12(2)16(15)18;1-11-8-9-14(12(10-11)16(2,3)18)19-15-7-5-4-6-13(15)17/h9-14,24-26H,1-8H3;2*7-12,21-23H,1-6H3;2*5-10,18-20H,1-4H3;4-10,17-19H,1-3H3. The number of para-hydroxylation sites is 2. The molecule has 0 bridgehead atoms. The first-order valence-corrected chi connectivity index (χ1v) is 50.7. The zero-order valence-electron chi connectivity index (χ0n) is 83.2. The van der Waals surface area contributed by atoms with Crippen molar-refractivity contribution in [1.29, 1.82) is 0 Å². The maximum atomic E-state index is 11.0. The average Bonchev–Trinajstić information content (AvgIpc) is 0.692. The lowest BCUT2D eigenvalue weighted by atomic mass is 9.80. The SMILES string of the molecule is CC(C)(C)c1cc(Pc2ccccc2C(C)(C)O)c(O)c(C(C)(C)C)c1.Cc1cc(C(C)(C)C)cc(Pc2ccccc2C(C)(C)O)c1O.Cc1cc(Pc2ccccc2C(C)(C)O)c(O)c(C(C)(C)C)c1.Cc1ccc(O)c(Pc2ccc(C)cc2C(C)(C)O)c1.Cc1ccc(Pc2cccc(C)c2O)c(C(C)(C)O)c1.Cc1ccc(Pc2ccccc2O)c(C(C)(C)O)c1. The molecule has 0 amide bonds. The van der Waals surface area contributed by atoms with E-state index in [4.69, 9.17) is 0 Å². The summed E-state index contributed by atoms with van der Waals surface area (Å²) in [5.41, 5.74) is 11.8. The highest BCUT2D eigenvalue weighted by Gasteiger charge is 2.31. The number of aliphatic hydroxyl groups is 6. The summed E-state index contributed by atoms with van der Waals surface area (Å²) in [5, 5.41) is 137. The molecular weight excluding hydrogens is 1740 g/mol. The molecule has 12 N–H and O–H groups in total. The van der Waals surface area contributed by atoms with Gasteiger partial charge in [-0.2, -0.15) is 0 Å². The second-order valence-corrected chi connectivity index (χ2v) is 49.7. The molecule has 18 heteroatoms. The van der Waals surface area contributed by atoms with Gasteiger partial charge in [0.2, 0.25) is 0 Å². The van der Waals surface area contributed by atoms with Gasteiger partial charge in [0, 0.05) is 43.0 Å². The van der Waals surface area contributed by atoms with E-state index in [-0.39, 0.29) is 30.2 Å². The minimum absolute atomic E-state index is 0.00268. The molecule has 12 aromatic rings. The number of aryl methyl sites for hydroxylation is 7. The summed E-state index contributed by atoms with van der Waals surface area (Å²) < 4.78 is 0. The van der Waals surface area contributed by atoms with Gasteiger partial charge in [0.05, 0.1) is 33.6 Å².